The number of nitrogens with one attached hydrogen (secondary N) is 1. The lowest BCUT2D eigenvalue weighted by atomic mass is 9.44. The van der Waals surface area contributed by atoms with Gasteiger partial charge in [-0.3, -0.25) is 14.4 Å². The summed E-state index contributed by atoms with van der Waals surface area (Å²) in [6.07, 6.45) is 29.7. The third-order valence-electron chi connectivity index (χ3n) is 33.1. The number of benzene rings is 3. The molecule has 3 aromatic carbocycles. The van der Waals surface area contributed by atoms with E-state index in [1.54, 1.807) is 0 Å². The average molecular weight is 1550 g/mol. The number of hydrogen-bond donors (Lipinski definition) is 4. The monoisotopic (exact) mass is 1550 g/mol. The van der Waals surface area contributed by atoms with E-state index in [0.717, 1.165) is 157 Å². The van der Waals surface area contributed by atoms with Crippen LogP contribution < -0.4 is 0 Å². The number of aliphatic hydroxyl groups is 3. The van der Waals surface area contributed by atoms with Gasteiger partial charge in [0.15, 0.2) is 29.0 Å². The number of Topliss-reactive ketones (excluding diaryl/α,β-unsaturated/α-hetero) is 3. The van der Waals surface area contributed by atoms with E-state index < -0.39 is 51.7 Å². The lowest BCUT2D eigenvalue weighted by molar-refractivity contribution is -0.151. The van der Waals surface area contributed by atoms with Crippen molar-refractivity contribution in [1.82, 2.24) is 45.4 Å². The number of H-pyrrole nitrogens is 1. The van der Waals surface area contributed by atoms with E-state index >= 15 is 0 Å². The number of hydrogen-bond acceptors (Lipinski definition) is 12. The molecule has 0 aliphatic heterocycles. The van der Waals surface area contributed by atoms with Gasteiger partial charge in [-0.05, 0) is 298 Å². The molecule has 4 N–H and O–H groups in total. The SMILES string of the molecule is C.C[C@@]1(O)CC[C@@]2(C)[C@@H](CC[C@@H]3[C@@H]2CC[C@]2(C)[C@@H](C(=O)CBr)CC[C@@H]32)C1.C[C@@]1(O)CC[C@@]2(C)[C@@H](CC[C@@H]3[C@@H]2CC[C@]2(C)[C@@H](C(=O)Cn4nc5cc(F)cc(F)c5n4)CC[C@@H]32)C1.C[C@@]1(O)CC[C@@]2(C)[C@@H](CC[C@@H]3[C@@H]2CC[C@]2(C)[C@@H](C(=O)Cn4nnc5c(F)cc(F)cc54)CC[C@@H]32)C1.Fc1cc(F)c2n[nH]nc2c1. The second-order valence-electron chi connectivity index (χ2n) is 38.7. The van der Waals surface area contributed by atoms with Crippen molar-refractivity contribution >= 4 is 66.4 Å². The quantitative estimate of drug-likeness (QED) is 0.0827. The highest BCUT2D eigenvalue weighted by Gasteiger charge is 2.66. The topological polar surface area (TPSA) is 215 Å². The normalized spacial score (nSPS) is 42.1. The van der Waals surface area contributed by atoms with E-state index in [-0.39, 0.29) is 99.2 Å². The van der Waals surface area contributed by atoms with Crippen molar-refractivity contribution < 1.29 is 56.0 Å². The smallest absolute Gasteiger partial charge is 0.159 e. The summed E-state index contributed by atoms with van der Waals surface area (Å²) in [7, 11) is 0. The van der Waals surface area contributed by atoms with Gasteiger partial charge in [-0.1, -0.05) is 70.1 Å². The van der Waals surface area contributed by atoms with Crippen LogP contribution in [0.2, 0.25) is 0 Å². The van der Waals surface area contributed by atoms with Gasteiger partial charge >= 0.3 is 0 Å². The van der Waals surface area contributed by atoms with Gasteiger partial charge in [0, 0.05) is 54.2 Å². The molecule has 586 valence electrons. The van der Waals surface area contributed by atoms with Crippen molar-refractivity contribution in [1.29, 1.82) is 0 Å². The van der Waals surface area contributed by atoms with Crippen LogP contribution in [0.5, 0.6) is 0 Å². The standard InChI is InChI=1S/2C28H37F2N3O2.C22H35BrO2.C6H3F2N3.CH4/c1-26(35)10-11-27(2)16(14-26)4-5-18-19-6-7-21(28(19,3)9-8-20(18)27)24(34)15-33-23-13-17(29)12-22(30)25(23)31-32-33;1-26(35)10-11-27(2)16(14-26)4-5-18-19-6-7-21(28(19,3)9-8-20(18)27)24(34)15-33-31-23-13-17(29)12-22(30)25(23)32-33;1-20(25)10-11-21(2)14(12-20)4-5-15-16-6-7-18(19(24)13-23)22(16,3)9-8-17(15)21;7-3-1-4(8)6-5(2-3)9-11-10-6;/h2*12-13,16,18-21,35H,4-11,14-15H2,1-3H3;14-18,25H,4-13H2,1-3H3;1-2H,(H,9,10,11);1H4/t2*16-,18-,19-,20-,21+,26+,27-,28-;14-,15-,16-,17-,18+,20+,21-,22-;;/m000../s1. The van der Waals surface area contributed by atoms with E-state index in [9.17, 15) is 56.0 Å². The highest BCUT2D eigenvalue weighted by atomic mass is 79.9. The molecule has 12 saturated carbocycles. The Balaban J connectivity index is 0.000000126. The Morgan fingerprint density at radius 2 is 0.813 bits per heavy atom. The Morgan fingerprint density at radius 1 is 0.430 bits per heavy atom. The summed E-state index contributed by atoms with van der Waals surface area (Å²) in [6.45, 7) is 20.7. The van der Waals surface area contributed by atoms with Crippen LogP contribution >= 0.6 is 15.9 Å². The van der Waals surface area contributed by atoms with Gasteiger partial charge in [0.25, 0.3) is 0 Å². The third kappa shape index (κ3) is 13.7. The molecule has 12 aliphatic carbocycles. The summed E-state index contributed by atoms with van der Waals surface area (Å²) >= 11 is 3.43. The first-order valence-electron chi connectivity index (χ1n) is 40.4. The number of carbonyl (C=O) groups is 3. The number of aromatic nitrogens is 9. The van der Waals surface area contributed by atoms with Crippen molar-refractivity contribution in [3.05, 3.63) is 71.3 Å². The first-order valence-corrected chi connectivity index (χ1v) is 41.5. The zero-order chi connectivity index (χ0) is 75.4. The first kappa shape index (κ1) is 78.5. The molecule has 6 aromatic rings. The lowest BCUT2D eigenvalue weighted by Gasteiger charge is -2.61. The van der Waals surface area contributed by atoms with Crippen molar-refractivity contribution in [3.63, 3.8) is 0 Å². The van der Waals surface area contributed by atoms with Gasteiger partial charge in [0.1, 0.15) is 63.9 Å². The molecule has 0 saturated heterocycles. The van der Waals surface area contributed by atoms with Crippen LogP contribution in [0.1, 0.15) is 243 Å². The fourth-order valence-electron chi connectivity index (χ4n) is 27.5. The maximum Gasteiger partial charge on any atom is 0.159 e. The summed E-state index contributed by atoms with van der Waals surface area (Å²) in [4.78, 5) is 40.9. The second-order valence-corrected chi connectivity index (χ2v) is 39.3. The third-order valence-corrected chi connectivity index (χ3v) is 33.6. The maximum absolute atomic E-state index is 14.1. The number of carbonyl (C=O) groups excluding carboxylic acids is 3. The average Bonchev–Trinajstić information content (AvgIpc) is 1.69. The molecule has 3 heterocycles. The molecule has 15 nitrogen and oxygen atoms in total. The minimum absolute atomic E-state index is 0. The highest BCUT2D eigenvalue weighted by Crippen LogP contribution is 2.72. The molecule has 0 radical (unpaired) electrons. The van der Waals surface area contributed by atoms with Crippen molar-refractivity contribution in [2.45, 2.75) is 273 Å². The molecule has 107 heavy (non-hydrogen) atoms. The number of fused-ring (bicyclic) bond motifs is 18. The maximum atomic E-state index is 14.1. The van der Waals surface area contributed by atoms with E-state index in [0.29, 0.717) is 80.6 Å². The number of alkyl halides is 1. The summed E-state index contributed by atoms with van der Waals surface area (Å²) in [6, 6.07) is 5.84. The van der Waals surface area contributed by atoms with Crippen LogP contribution in [0.3, 0.4) is 0 Å². The van der Waals surface area contributed by atoms with Gasteiger partial charge in [0.2, 0.25) is 0 Å². The van der Waals surface area contributed by atoms with E-state index in [2.05, 4.69) is 93.4 Å². The molecular formula is C85H116BrF6N9O6. The Hall–Kier alpha value is -5.19. The minimum atomic E-state index is -0.752. The number of aromatic amines is 1. The zero-order valence-corrected chi connectivity index (χ0v) is 65.2. The van der Waals surface area contributed by atoms with Crippen LogP contribution in [-0.4, -0.2) is 100 Å². The Labute approximate surface area is 635 Å². The van der Waals surface area contributed by atoms with Crippen LogP contribution in [-0.2, 0) is 27.5 Å². The molecule has 18 rings (SSSR count). The van der Waals surface area contributed by atoms with Crippen molar-refractivity contribution in [3.8, 4) is 0 Å². The molecule has 0 amide bonds. The van der Waals surface area contributed by atoms with Crippen LogP contribution in [0.25, 0.3) is 33.1 Å². The molecule has 24 atom stereocenters. The summed E-state index contributed by atoms with van der Waals surface area (Å²) in [5.41, 5.74) is 0.359. The van der Waals surface area contributed by atoms with Crippen molar-refractivity contribution in [2.75, 3.05) is 5.33 Å². The molecule has 12 aliphatic rings. The predicted octanol–water partition coefficient (Wildman–Crippen LogP) is 18.6. The van der Waals surface area contributed by atoms with E-state index in [1.165, 1.54) is 79.8 Å². The number of ketones is 3. The molecule has 0 bridgehead atoms. The Bertz CT molecular complexity index is 4340. The van der Waals surface area contributed by atoms with Gasteiger partial charge in [-0.15, -0.1) is 10.2 Å². The molecule has 3 aromatic heterocycles. The minimum Gasteiger partial charge on any atom is -0.390 e. The van der Waals surface area contributed by atoms with Crippen LogP contribution in [0, 0.1) is 156 Å². The Kier molecular flexibility index (Phi) is 20.9. The summed E-state index contributed by atoms with van der Waals surface area (Å²) in [5.74, 6) is 4.64. The van der Waals surface area contributed by atoms with E-state index in [1.807, 2.05) is 20.8 Å². The summed E-state index contributed by atoms with van der Waals surface area (Å²) in [5, 5.41) is 57.9. The molecular weight excluding hydrogens is 1440 g/mol. The summed E-state index contributed by atoms with van der Waals surface area (Å²) < 4.78 is 82.1. The molecule has 0 spiro atoms. The number of nitrogens with zero attached hydrogens (tertiary/aromatic N) is 8. The van der Waals surface area contributed by atoms with Gasteiger partial charge in [-0.25, -0.2) is 31.0 Å². The fourth-order valence-corrected chi connectivity index (χ4v) is 27.9. The molecule has 12 fully saturated rings. The van der Waals surface area contributed by atoms with Gasteiger partial charge in [-0.2, -0.15) is 25.3 Å². The van der Waals surface area contributed by atoms with Crippen LogP contribution in [0.15, 0.2) is 36.4 Å². The first-order chi connectivity index (χ1) is 50.0. The fraction of sp³-hybridized carbons (Fsp3) is 0.753. The zero-order valence-electron chi connectivity index (χ0n) is 63.6. The van der Waals surface area contributed by atoms with Crippen molar-refractivity contribution in [2.24, 2.45) is 121 Å². The van der Waals surface area contributed by atoms with Gasteiger partial charge in [0.05, 0.1) is 27.6 Å². The predicted molar refractivity (Wildman–Crippen MR) is 402 cm³/mol. The van der Waals surface area contributed by atoms with E-state index in [4.69, 9.17) is 0 Å². The highest BCUT2D eigenvalue weighted by molar-refractivity contribution is 9.09. The van der Waals surface area contributed by atoms with Gasteiger partial charge < -0.3 is 15.3 Å². The molecule has 0 unspecified atom stereocenters. The molecule has 22 heteroatoms. The number of halogens is 7. The largest absolute Gasteiger partial charge is 0.390 e. The second kappa shape index (κ2) is 28.5. The lowest BCUT2D eigenvalue weighted by Crippen LogP contribution is -2.55. The Morgan fingerprint density at radius 3 is 1.25 bits per heavy atom. The number of rotatable bonds is 8. The van der Waals surface area contributed by atoms with Crippen LogP contribution in [0.4, 0.5) is 26.3 Å².